The predicted octanol–water partition coefficient (Wildman–Crippen LogP) is 4.82. The van der Waals surface area contributed by atoms with Gasteiger partial charge in [-0.2, -0.15) is 0 Å². The molecular weight excluding hydrogens is 458 g/mol. The Morgan fingerprint density at radius 2 is 1.81 bits per heavy atom. The van der Waals surface area contributed by atoms with Gasteiger partial charge in [-0.3, -0.25) is 4.79 Å². The van der Waals surface area contributed by atoms with Gasteiger partial charge in [0.2, 0.25) is 0 Å². The molecule has 4 aromatic rings. The molecule has 0 fully saturated rings. The van der Waals surface area contributed by atoms with Crippen LogP contribution in [0.25, 0.3) is 11.0 Å². The molecule has 0 aliphatic heterocycles. The third-order valence-corrected chi connectivity index (χ3v) is 5.36. The smallest absolute Gasteiger partial charge is 0.251 e. The molecule has 1 N–H and O–H groups in total. The topological polar surface area (TPSA) is 65.4 Å². The number of hydrogen-bond acceptors (Lipinski definition) is 4. The second kappa shape index (κ2) is 9.66. The van der Waals surface area contributed by atoms with E-state index in [-0.39, 0.29) is 5.91 Å². The molecule has 0 bridgehead atoms. The Labute approximate surface area is 188 Å². The molecule has 4 rings (SSSR count). The summed E-state index contributed by atoms with van der Waals surface area (Å²) in [5, 5.41) is 2.97. The summed E-state index contributed by atoms with van der Waals surface area (Å²) in [5.74, 6) is 2.01. The van der Waals surface area contributed by atoms with Crippen molar-refractivity contribution in [3.8, 4) is 11.5 Å². The largest absolute Gasteiger partial charge is 0.493 e. The highest BCUT2D eigenvalue weighted by Gasteiger charge is 2.13. The number of aromatic nitrogens is 2. The van der Waals surface area contributed by atoms with E-state index in [9.17, 15) is 4.79 Å². The number of imidazole rings is 1. The van der Waals surface area contributed by atoms with Crippen molar-refractivity contribution < 1.29 is 14.3 Å². The maximum Gasteiger partial charge on any atom is 0.251 e. The summed E-state index contributed by atoms with van der Waals surface area (Å²) in [6.07, 6.45) is 0. The van der Waals surface area contributed by atoms with Crippen LogP contribution in [0.5, 0.6) is 11.5 Å². The van der Waals surface area contributed by atoms with Gasteiger partial charge in [0.1, 0.15) is 12.4 Å². The van der Waals surface area contributed by atoms with Crippen molar-refractivity contribution in [2.45, 2.75) is 13.1 Å². The SMILES string of the molecule is COc1ccccc1OCCn1c(CNC(=O)c2cccc(Br)c2)nc2ccccc21. The minimum absolute atomic E-state index is 0.148. The average Bonchev–Trinajstić information content (AvgIpc) is 3.15. The molecule has 158 valence electrons. The first kappa shape index (κ1) is 20.9. The highest BCUT2D eigenvalue weighted by atomic mass is 79.9. The fourth-order valence-corrected chi connectivity index (χ4v) is 3.79. The minimum atomic E-state index is -0.148. The molecule has 0 aliphatic rings. The molecule has 0 unspecified atom stereocenters. The Bertz CT molecular complexity index is 1210. The van der Waals surface area contributed by atoms with Gasteiger partial charge in [0.05, 0.1) is 31.2 Å². The summed E-state index contributed by atoms with van der Waals surface area (Å²) < 4.78 is 14.2. The maximum atomic E-state index is 12.6. The van der Waals surface area contributed by atoms with E-state index in [1.807, 2.05) is 60.7 Å². The Kier molecular flexibility index (Phi) is 6.52. The molecule has 6 nitrogen and oxygen atoms in total. The molecule has 7 heteroatoms. The number of hydrogen-bond donors (Lipinski definition) is 1. The standard InChI is InChI=1S/C24H22BrN3O3/c1-30-21-11-4-5-12-22(21)31-14-13-28-20-10-3-2-9-19(20)27-23(28)16-26-24(29)17-7-6-8-18(25)15-17/h2-12,15H,13-14,16H2,1H3,(H,26,29). The lowest BCUT2D eigenvalue weighted by Crippen LogP contribution is -2.25. The summed E-state index contributed by atoms with van der Waals surface area (Å²) in [4.78, 5) is 17.3. The molecule has 1 amide bonds. The number of fused-ring (bicyclic) bond motifs is 1. The Hall–Kier alpha value is -3.32. The van der Waals surface area contributed by atoms with E-state index in [0.29, 0.717) is 36.8 Å². The lowest BCUT2D eigenvalue weighted by atomic mass is 10.2. The molecule has 3 aromatic carbocycles. The van der Waals surface area contributed by atoms with Crippen LogP contribution in [-0.2, 0) is 13.1 Å². The fourth-order valence-electron chi connectivity index (χ4n) is 3.39. The number of carbonyl (C=O) groups is 1. The van der Waals surface area contributed by atoms with Crippen LogP contribution < -0.4 is 14.8 Å². The van der Waals surface area contributed by atoms with Crippen molar-refractivity contribution in [1.29, 1.82) is 0 Å². The van der Waals surface area contributed by atoms with Crippen LogP contribution in [0, 0.1) is 0 Å². The van der Waals surface area contributed by atoms with E-state index in [1.54, 1.807) is 19.2 Å². The number of nitrogens with one attached hydrogen (secondary N) is 1. The van der Waals surface area contributed by atoms with Crippen LogP contribution in [-0.4, -0.2) is 29.2 Å². The Morgan fingerprint density at radius 3 is 2.61 bits per heavy atom. The number of nitrogens with zero attached hydrogens (tertiary/aromatic N) is 2. The first-order valence-electron chi connectivity index (χ1n) is 9.89. The molecule has 31 heavy (non-hydrogen) atoms. The highest BCUT2D eigenvalue weighted by molar-refractivity contribution is 9.10. The molecule has 1 heterocycles. The molecule has 0 saturated carbocycles. The summed E-state index contributed by atoms with van der Waals surface area (Å²) in [6.45, 7) is 1.34. The average molecular weight is 480 g/mol. The van der Waals surface area contributed by atoms with Gasteiger partial charge in [0, 0.05) is 10.0 Å². The van der Waals surface area contributed by atoms with Crippen molar-refractivity contribution in [3.63, 3.8) is 0 Å². The lowest BCUT2D eigenvalue weighted by Gasteiger charge is -2.13. The molecule has 0 atom stereocenters. The molecule has 1 aromatic heterocycles. The fraction of sp³-hybridized carbons (Fsp3) is 0.167. The van der Waals surface area contributed by atoms with Gasteiger partial charge in [-0.15, -0.1) is 0 Å². The zero-order chi connectivity index (χ0) is 21.6. The predicted molar refractivity (Wildman–Crippen MR) is 124 cm³/mol. The van der Waals surface area contributed by atoms with Gasteiger partial charge in [-0.1, -0.05) is 46.3 Å². The maximum absolute atomic E-state index is 12.6. The van der Waals surface area contributed by atoms with Crippen LogP contribution >= 0.6 is 15.9 Å². The van der Waals surface area contributed by atoms with Crippen molar-refractivity contribution in [1.82, 2.24) is 14.9 Å². The van der Waals surface area contributed by atoms with Gasteiger partial charge < -0.3 is 19.4 Å². The first-order valence-corrected chi connectivity index (χ1v) is 10.7. The van der Waals surface area contributed by atoms with Crippen molar-refractivity contribution in [3.05, 3.63) is 88.7 Å². The summed E-state index contributed by atoms with van der Waals surface area (Å²) in [7, 11) is 1.62. The lowest BCUT2D eigenvalue weighted by molar-refractivity contribution is 0.0949. The normalized spacial score (nSPS) is 10.8. The number of methoxy groups -OCH3 is 1. The molecule has 0 spiro atoms. The number of rotatable bonds is 8. The van der Waals surface area contributed by atoms with Gasteiger partial charge in [-0.05, 0) is 42.5 Å². The number of para-hydroxylation sites is 4. The quantitative estimate of drug-likeness (QED) is 0.393. The van der Waals surface area contributed by atoms with E-state index in [0.717, 1.165) is 21.3 Å². The van der Waals surface area contributed by atoms with Crippen LogP contribution in [0.1, 0.15) is 16.2 Å². The summed E-state index contributed by atoms with van der Waals surface area (Å²) >= 11 is 3.40. The van der Waals surface area contributed by atoms with Crippen molar-refractivity contribution in [2.75, 3.05) is 13.7 Å². The van der Waals surface area contributed by atoms with E-state index < -0.39 is 0 Å². The van der Waals surface area contributed by atoms with E-state index >= 15 is 0 Å². The van der Waals surface area contributed by atoms with Crippen molar-refractivity contribution >= 4 is 32.9 Å². The van der Waals surface area contributed by atoms with Gasteiger partial charge in [0.25, 0.3) is 5.91 Å². The van der Waals surface area contributed by atoms with Gasteiger partial charge >= 0.3 is 0 Å². The van der Waals surface area contributed by atoms with E-state index in [1.165, 1.54) is 0 Å². The third-order valence-electron chi connectivity index (χ3n) is 4.87. The number of halogens is 1. The Morgan fingerprint density at radius 1 is 1.03 bits per heavy atom. The number of carbonyl (C=O) groups excluding carboxylic acids is 1. The van der Waals surface area contributed by atoms with Crippen LogP contribution in [0.4, 0.5) is 0 Å². The number of ether oxygens (including phenoxy) is 2. The molecule has 0 aliphatic carbocycles. The molecular formula is C24H22BrN3O3. The third kappa shape index (κ3) is 4.88. The highest BCUT2D eigenvalue weighted by Crippen LogP contribution is 2.26. The van der Waals surface area contributed by atoms with Gasteiger partial charge in [-0.25, -0.2) is 4.98 Å². The van der Waals surface area contributed by atoms with Gasteiger partial charge in [0.15, 0.2) is 11.5 Å². The second-order valence-corrected chi connectivity index (χ2v) is 7.78. The summed E-state index contributed by atoms with van der Waals surface area (Å²) in [5.41, 5.74) is 2.47. The zero-order valence-electron chi connectivity index (χ0n) is 17.0. The number of amides is 1. The number of benzene rings is 3. The van der Waals surface area contributed by atoms with Crippen LogP contribution in [0.15, 0.2) is 77.3 Å². The van der Waals surface area contributed by atoms with Crippen molar-refractivity contribution in [2.24, 2.45) is 0 Å². The molecule has 0 saturated heterocycles. The monoisotopic (exact) mass is 479 g/mol. The Balaban J connectivity index is 1.49. The minimum Gasteiger partial charge on any atom is -0.493 e. The van der Waals surface area contributed by atoms with E-state index in [2.05, 4.69) is 25.8 Å². The van der Waals surface area contributed by atoms with Crippen LogP contribution in [0.2, 0.25) is 0 Å². The summed E-state index contributed by atoms with van der Waals surface area (Å²) in [6, 6.07) is 22.8. The zero-order valence-corrected chi connectivity index (χ0v) is 18.6. The van der Waals surface area contributed by atoms with Crippen LogP contribution in [0.3, 0.4) is 0 Å². The van der Waals surface area contributed by atoms with E-state index in [4.69, 9.17) is 14.5 Å². The second-order valence-electron chi connectivity index (χ2n) is 6.86. The first-order chi connectivity index (χ1) is 15.2. The molecule has 0 radical (unpaired) electrons.